The average Bonchev–Trinajstić information content (AvgIpc) is 2.57. The molecule has 1 aromatic rings. The molecule has 1 amide bonds. The first-order chi connectivity index (χ1) is 11.9. The molecule has 8 heteroatoms. The maximum Gasteiger partial charge on any atom is 0.404 e. The van der Waals surface area contributed by atoms with E-state index in [1.54, 1.807) is 13.2 Å². The van der Waals surface area contributed by atoms with E-state index in [4.69, 9.17) is 24.7 Å². The van der Waals surface area contributed by atoms with Crippen molar-refractivity contribution >= 4 is 12.4 Å². The lowest BCUT2D eigenvalue weighted by Crippen LogP contribution is -2.29. The van der Waals surface area contributed by atoms with Crippen LogP contribution < -0.4 is 15.2 Å². The maximum atomic E-state index is 11.4. The van der Waals surface area contributed by atoms with Gasteiger partial charge in [-0.05, 0) is 17.5 Å². The molecule has 25 heavy (non-hydrogen) atoms. The van der Waals surface area contributed by atoms with Gasteiger partial charge in [-0.3, -0.25) is 4.79 Å². The molecular weight excluding hydrogens is 328 g/mol. The third kappa shape index (κ3) is 6.58. The minimum Gasteiger partial charge on any atom is -0.488 e. The van der Waals surface area contributed by atoms with E-state index < -0.39 is 12.2 Å². The number of nitrogens with two attached hydrogens (primary N) is 1. The van der Waals surface area contributed by atoms with E-state index in [-0.39, 0.29) is 17.5 Å². The number of hydrogen-bond donors (Lipinski definition) is 1. The zero-order valence-electron chi connectivity index (χ0n) is 15.1. The van der Waals surface area contributed by atoms with Crippen LogP contribution in [0.15, 0.2) is 6.07 Å². The van der Waals surface area contributed by atoms with Crippen LogP contribution in [-0.2, 0) is 15.9 Å². The molecule has 0 aliphatic carbocycles. The van der Waals surface area contributed by atoms with Crippen molar-refractivity contribution in [1.82, 2.24) is 4.98 Å². The summed E-state index contributed by atoms with van der Waals surface area (Å²) in [4.78, 5) is 26.6. The molecule has 0 fully saturated rings. The summed E-state index contributed by atoms with van der Waals surface area (Å²) in [7, 11) is 3.07. The van der Waals surface area contributed by atoms with Gasteiger partial charge in [0.1, 0.15) is 11.8 Å². The first kappa shape index (κ1) is 20.7. The number of rotatable bonds is 11. The van der Waals surface area contributed by atoms with Gasteiger partial charge >= 0.3 is 6.09 Å². The van der Waals surface area contributed by atoms with Gasteiger partial charge < -0.3 is 24.7 Å². The molecule has 1 atom stereocenters. The summed E-state index contributed by atoms with van der Waals surface area (Å²) in [6, 6.07) is 1.68. The molecule has 0 bridgehead atoms. The zero-order chi connectivity index (χ0) is 18.8. The SMILES string of the molecule is COCCCOc1cc(CC(OC(N)=O)C(C)C)c(C=O)nc1OC. The Bertz CT molecular complexity index is 577. The number of amides is 1. The monoisotopic (exact) mass is 354 g/mol. The number of aldehydes is 1. The van der Waals surface area contributed by atoms with Gasteiger partial charge in [0.2, 0.25) is 0 Å². The van der Waals surface area contributed by atoms with E-state index in [1.165, 1.54) is 7.11 Å². The Labute approximate surface area is 147 Å². The Kier molecular flexibility index (Phi) is 8.69. The van der Waals surface area contributed by atoms with Crippen LogP contribution in [0.3, 0.4) is 0 Å². The number of ether oxygens (including phenoxy) is 4. The molecule has 8 nitrogen and oxygen atoms in total. The Balaban J connectivity index is 3.06. The molecule has 1 aromatic heterocycles. The molecule has 1 rings (SSSR count). The topological polar surface area (TPSA) is 110 Å². The highest BCUT2D eigenvalue weighted by Crippen LogP contribution is 2.29. The summed E-state index contributed by atoms with van der Waals surface area (Å²) in [5.41, 5.74) is 5.93. The van der Waals surface area contributed by atoms with Gasteiger partial charge in [-0.2, -0.15) is 0 Å². The Morgan fingerprint density at radius 1 is 1.32 bits per heavy atom. The molecule has 0 spiro atoms. The first-order valence-electron chi connectivity index (χ1n) is 8.03. The maximum absolute atomic E-state index is 11.4. The van der Waals surface area contributed by atoms with Crippen molar-refractivity contribution in [2.75, 3.05) is 27.4 Å². The van der Waals surface area contributed by atoms with Crippen LogP contribution in [0, 0.1) is 5.92 Å². The van der Waals surface area contributed by atoms with E-state index in [9.17, 15) is 9.59 Å². The highest BCUT2D eigenvalue weighted by Gasteiger charge is 2.22. The fourth-order valence-corrected chi connectivity index (χ4v) is 2.21. The van der Waals surface area contributed by atoms with Gasteiger partial charge in [0.25, 0.3) is 5.88 Å². The summed E-state index contributed by atoms with van der Waals surface area (Å²) < 4.78 is 21.0. The van der Waals surface area contributed by atoms with Crippen molar-refractivity contribution in [1.29, 1.82) is 0 Å². The molecule has 0 aliphatic rings. The van der Waals surface area contributed by atoms with E-state index in [1.807, 2.05) is 13.8 Å². The summed E-state index contributed by atoms with van der Waals surface area (Å²) in [5, 5.41) is 0. The summed E-state index contributed by atoms with van der Waals surface area (Å²) in [5.74, 6) is 0.654. The highest BCUT2D eigenvalue weighted by atomic mass is 16.6. The molecule has 0 aromatic carbocycles. The number of aromatic nitrogens is 1. The number of nitrogens with zero attached hydrogens (tertiary/aromatic N) is 1. The fourth-order valence-electron chi connectivity index (χ4n) is 2.21. The third-order valence-electron chi connectivity index (χ3n) is 3.55. The minimum atomic E-state index is -0.858. The van der Waals surface area contributed by atoms with Gasteiger partial charge in [-0.1, -0.05) is 13.8 Å². The predicted molar refractivity (Wildman–Crippen MR) is 91.2 cm³/mol. The van der Waals surface area contributed by atoms with Crippen LogP contribution in [0.4, 0.5) is 4.79 Å². The van der Waals surface area contributed by atoms with E-state index in [0.29, 0.717) is 43.7 Å². The van der Waals surface area contributed by atoms with Crippen molar-refractivity contribution in [3.63, 3.8) is 0 Å². The molecule has 2 N–H and O–H groups in total. The second-order valence-electron chi connectivity index (χ2n) is 5.78. The van der Waals surface area contributed by atoms with Crippen molar-refractivity contribution in [3.05, 3.63) is 17.3 Å². The first-order valence-corrected chi connectivity index (χ1v) is 8.03. The van der Waals surface area contributed by atoms with Crippen molar-refractivity contribution in [3.8, 4) is 11.6 Å². The second-order valence-corrected chi connectivity index (χ2v) is 5.78. The van der Waals surface area contributed by atoms with E-state index in [0.717, 1.165) is 0 Å². The predicted octanol–water partition coefficient (Wildman–Crippen LogP) is 1.98. The average molecular weight is 354 g/mol. The van der Waals surface area contributed by atoms with Gasteiger partial charge in [0, 0.05) is 26.6 Å². The molecule has 0 aliphatic heterocycles. The molecule has 1 heterocycles. The molecule has 140 valence electrons. The number of carbonyl (C=O) groups excluding carboxylic acids is 2. The van der Waals surface area contributed by atoms with Crippen molar-refractivity contribution in [2.45, 2.75) is 32.8 Å². The number of hydrogen-bond acceptors (Lipinski definition) is 7. The molecular formula is C17H26N2O6. The van der Waals surface area contributed by atoms with Crippen molar-refractivity contribution < 1.29 is 28.5 Å². The van der Waals surface area contributed by atoms with Gasteiger partial charge in [0.15, 0.2) is 12.0 Å². The second kappa shape index (κ2) is 10.5. The van der Waals surface area contributed by atoms with Gasteiger partial charge in [-0.15, -0.1) is 0 Å². The lowest BCUT2D eigenvalue weighted by Gasteiger charge is -2.21. The summed E-state index contributed by atoms with van der Waals surface area (Å²) >= 11 is 0. The summed E-state index contributed by atoms with van der Waals surface area (Å²) in [6.45, 7) is 4.77. The smallest absolute Gasteiger partial charge is 0.404 e. The number of carbonyl (C=O) groups is 2. The number of pyridine rings is 1. The highest BCUT2D eigenvalue weighted by molar-refractivity contribution is 5.75. The molecule has 0 radical (unpaired) electrons. The standard InChI is InChI=1S/C17H26N2O6/c1-11(2)14(25-17(18)21)8-12-9-15(24-7-5-6-22-3)16(23-4)19-13(12)10-20/h9-11,14H,5-8H2,1-4H3,(H2,18,21). The normalized spacial score (nSPS) is 11.9. The lowest BCUT2D eigenvalue weighted by atomic mass is 9.98. The minimum absolute atomic E-state index is 0.0141. The van der Waals surface area contributed by atoms with Crippen molar-refractivity contribution in [2.24, 2.45) is 11.7 Å². The Morgan fingerprint density at radius 3 is 2.56 bits per heavy atom. The quantitative estimate of drug-likeness (QED) is 0.478. The van der Waals surface area contributed by atoms with E-state index >= 15 is 0 Å². The molecule has 0 saturated carbocycles. The summed E-state index contributed by atoms with van der Waals surface area (Å²) in [6.07, 6.45) is 0.287. The zero-order valence-corrected chi connectivity index (χ0v) is 15.1. The van der Waals surface area contributed by atoms with Gasteiger partial charge in [-0.25, -0.2) is 9.78 Å². The van der Waals surface area contributed by atoms with Crippen LogP contribution in [0.5, 0.6) is 11.6 Å². The third-order valence-corrected chi connectivity index (χ3v) is 3.55. The van der Waals surface area contributed by atoms with E-state index in [2.05, 4.69) is 4.98 Å². The van der Waals surface area contributed by atoms with Crippen LogP contribution in [0.2, 0.25) is 0 Å². The Hall–Kier alpha value is -2.35. The van der Waals surface area contributed by atoms with Gasteiger partial charge in [0.05, 0.1) is 13.7 Å². The largest absolute Gasteiger partial charge is 0.488 e. The van der Waals surface area contributed by atoms with Crippen LogP contribution in [0.1, 0.15) is 36.3 Å². The lowest BCUT2D eigenvalue weighted by molar-refractivity contribution is 0.0785. The van der Waals surface area contributed by atoms with Crippen LogP contribution in [0.25, 0.3) is 0 Å². The molecule has 1 unspecified atom stereocenters. The fraction of sp³-hybridized carbons (Fsp3) is 0.588. The number of primary amides is 1. The number of methoxy groups -OCH3 is 2. The van der Waals surface area contributed by atoms with Crippen LogP contribution in [-0.4, -0.2) is 50.9 Å². The Morgan fingerprint density at radius 2 is 2.04 bits per heavy atom. The molecule has 0 saturated heterocycles. The van der Waals surface area contributed by atoms with Crippen LogP contribution >= 0.6 is 0 Å².